The van der Waals surface area contributed by atoms with Gasteiger partial charge in [-0.05, 0) is 42.2 Å². The average molecular weight is 274 g/mol. The standard InChI is InChI=1S/C17H19FO2/c1-3-12(2)15-6-4-5-7-17(15)20-16-9-8-14(18)10-13(16)11-19/h4-10,12,19H,3,11H2,1-2H3. The van der Waals surface area contributed by atoms with Crippen molar-refractivity contribution in [3.8, 4) is 11.5 Å². The Labute approximate surface area is 118 Å². The largest absolute Gasteiger partial charge is 0.457 e. The maximum atomic E-state index is 13.2. The second kappa shape index (κ2) is 6.53. The van der Waals surface area contributed by atoms with E-state index >= 15 is 0 Å². The summed E-state index contributed by atoms with van der Waals surface area (Å²) in [6, 6.07) is 12.0. The fourth-order valence-electron chi connectivity index (χ4n) is 2.09. The van der Waals surface area contributed by atoms with Crippen LogP contribution in [0.25, 0.3) is 0 Å². The molecule has 1 unspecified atom stereocenters. The number of aliphatic hydroxyl groups excluding tert-OH is 1. The Bertz CT molecular complexity index is 581. The van der Waals surface area contributed by atoms with Crippen LogP contribution in [0, 0.1) is 5.82 Å². The molecule has 3 heteroatoms. The maximum absolute atomic E-state index is 13.2. The highest BCUT2D eigenvalue weighted by Crippen LogP contribution is 2.33. The van der Waals surface area contributed by atoms with Crippen molar-refractivity contribution in [3.63, 3.8) is 0 Å². The number of halogens is 1. The Balaban J connectivity index is 2.35. The highest BCUT2D eigenvalue weighted by molar-refractivity contribution is 5.42. The van der Waals surface area contributed by atoms with Crippen molar-refractivity contribution in [1.29, 1.82) is 0 Å². The van der Waals surface area contributed by atoms with Gasteiger partial charge >= 0.3 is 0 Å². The Hall–Kier alpha value is -1.87. The van der Waals surface area contributed by atoms with Crippen molar-refractivity contribution < 1.29 is 14.2 Å². The average Bonchev–Trinajstić information content (AvgIpc) is 2.48. The Morgan fingerprint density at radius 1 is 1.15 bits per heavy atom. The summed E-state index contributed by atoms with van der Waals surface area (Å²) in [7, 11) is 0. The maximum Gasteiger partial charge on any atom is 0.133 e. The number of rotatable bonds is 5. The number of hydrogen-bond donors (Lipinski definition) is 1. The van der Waals surface area contributed by atoms with Gasteiger partial charge in [0.1, 0.15) is 17.3 Å². The van der Waals surface area contributed by atoms with E-state index in [1.807, 2.05) is 24.3 Å². The monoisotopic (exact) mass is 274 g/mol. The van der Waals surface area contributed by atoms with Crippen molar-refractivity contribution in [3.05, 3.63) is 59.4 Å². The van der Waals surface area contributed by atoms with Gasteiger partial charge in [0.2, 0.25) is 0 Å². The Morgan fingerprint density at radius 3 is 2.60 bits per heavy atom. The summed E-state index contributed by atoms with van der Waals surface area (Å²) in [4.78, 5) is 0. The molecule has 0 saturated heterocycles. The SMILES string of the molecule is CCC(C)c1ccccc1Oc1ccc(F)cc1CO. The molecule has 0 saturated carbocycles. The minimum absolute atomic E-state index is 0.251. The quantitative estimate of drug-likeness (QED) is 0.861. The van der Waals surface area contributed by atoms with Gasteiger partial charge in [0.15, 0.2) is 0 Å². The number of benzene rings is 2. The van der Waals surface area contributed by atoms with Gasteiger partial charge in [0.25, 0.3) is 0 Å². The van der Waals surface area contributed by atoms with E-state index in [4.69, 9.17) is 4.74 Å². The topological polar surface area (TPSA) is 29.5 Å². The van der Waals surface area contributed by atoms with Crippen LogP contribution < -0.4 is 4.74 Å². The lowest BCUT2D eigenvalue weighted by Crippen LogP contribution is -1.98. The van der Waals surface area contributed by atoms with Gasteiger partial charge in [-0.15, -0.1) is 0 Å². The minimum atomic E-state index is -0.378. The Morgan fingerprint density at radius 2 is 1.90 bits per heavy atom. The smallest absolute Gasteiger partial charge is 0.133 e. The van der Waals surface area contributed by atoms with Crippen molar-refractivity contribution in [2.24, 2.45) is 0 Å². The summed E-state index contributed by atoms with van der Waals surface area (Å²) in [5.74, 6) is 1.24. The molecule has 0 heterocycles. The lowest BCUT2D eigenvalue weighted by Gasteiger charge is -2.16. The van der Waals surface area contributed by atoms with Crippen LogP contribution >= 0.6 is 0 Å². The summed E-state index contributed by atoms with van der Waals surface area (Å²) in [5.41, 5.74) is 1.56. The van der Waals surface area contributed by atoms with Crippen LogP contribution in [0.3, 0.4) is 0 Å². The molecule has 2 aromatic carbocycles. The normalized spacial score (nSPS) is 12.2. The second-order valence-electron chi connectivity index (χ2n) is 4.86. The van der Waals surface area contributed by atoms with Crippen molar-refractivity contribution in [2.75, 3.05) is 0 Å². The summed E-state index contributed by atoms with van der Waals surface area (Å²) in [6.07, 6.45) is 1.01. The lowest BCUT2D eigenvalue weighted by molar-refractivity contribution is 0.275. The fourth-order valence-corrected chi connectivity index (χ4v) is 2.09. The highest BCUT2D eigenvalue weighted by atomic mass is 19.1. The van der Waals surface area contributed by atoms with Gasteiger partial charge < -0.3 is 9.84 Å². The van der Waals surface area contributed by atoms with Gasteiger partial charge in [-0.2, -0.15) is 0 Å². The van der Waals surface area contributed by atoms with E-state index < -0.39 is 0 Å². The third-order valence-corrected chi connectivity index (χ3v) is 3.48. The molecule has 0 fully saturated rings. The zero-order chi connectivity index (χ0) is 14.5. The molecule has 2 nitrogen and oxygen atoms in total. The molecule has 1 atom stereocenters. The van der Waals surface area contributed by atoms with Gasteiger partial charge in [-0.1, -0.05) is 32.0 Å². The third kappa shape index (κ3) is 3.17. The van der Waals surface area contributed by atoms with E-state index in [0.717, 1.165) is 17.7 Å². The van der Waals surface area contributed by atoms with Crippen LogP contribution in [0.1, 0.15) is 37.3 Å². The number of aliphatic hydroxyl groups is 1. The van der Waals surface area contributed by atoms with E-state index in [0.29, 0.717) is 17.2 Å². The molecule has 2 aromatic rings. The third-order valence-electron chi connectivity index (χ3n) is 3.48. The molecule has 0 radical (unpaired) electrons. The molecular weight excluding hydrogens is 255 g/mol. The van der Waals surface area contributed by atoms with Crippen molar-refractivity contribution in [2.45, 2.75) is 32.8 Å². The molecule has 0 aliphatic carbocycles. The first-order valence-electron chi connectivity index (χ1n) is 6.81. The van der Waals surface area contributed by atoms with Crippen molar-refractivity contribution >= 4 is 0 Å². The lowest BCUT2D eigenvalue weighted by atomic mass is 9.98. The molecule has 0 amide bonds. The van der Waals surface area contributed by atoms with Crippen LogP contribution in [-0.4, -0.2) is 5.11 Å². The first-order chi connectivity index (χ1) is 9.65. The van der Waals surface area contributed by atoms with Crippen LogP contribution in [0.2, 0.25) is 0 Å². The van der Waals surface area contributed by atoms with Gasteiger partial charge in [-0.25, -0.2) is 4.39 Å². The zero-order valence-electron chi connectivity index (χ0n) is 11.8. The summed E-state index contributed by atoms with van der Waals surface area (Å²) in [6.45, 7) is 4.01. The van der Waals surface area contributed by atoms with Crippen LogP contribution in [0.4, 0.5) is 4.39 Å². The number of para-hydroxylation sites is 1. The zero-order valence-corrected chi connectivity index (χ0v) is 11.8. The molecule has 20 heavy (non-hydrogen) atoms. The van der Waals surface area contributed by atoms with Gasteiger partial charge in [0, 0.05) is 5.56 Å². The van der Waals surface area contributed by atoms with E-state index in [2.05, 4.69) is 13.8 Å². The second-order valence-corrected chi connectivity index (χ2v) is 4.86. The highest BCUT2D eigenvalue weighted by Gasteiger charge is 2.12. The Kier molecular flexibility index (Phi) is 4.74. The predicted octanol–water partition coefficient (Wildman–Crippen LogP) is 4.62. The molecule has 1 N–H and O–H groups in total. The van der Waals surface area contributed by atoms with Crippen LogP contribution in [-0.2, 0) is 6.61 Å². The molecular formula is C17H19FO2. The van der Waals surface area contributed by atoms with E-state index in [-0.39, 0.29) is 12.4 Å². The molecule has 0 aliphatic heterocycles. The summed E-state index contributed by atoms with van der Waals surface area (Å²) < 4.78 is 19.1. The van der Waals surface area contributed by atoms with Crippen molar-refractivity contribution in [1.82, 2.24) is 0 Å². The van der Waals surface area contributed by atoms with Gasteiger partial charge in [-0.3, -0.25) is 0 Å². The molecule has 0 aliphatic rings. The van der Waals surface area contributed by atoms with Crippen LogP contribution in [0.5, 0.6) is 11.5 Å². The molecule has 0 bridgehead atoms. The predicted molar refractivity (Wildman–Crippen MR) is 77.5 cm³/mol. The van der Waals surface area contributed by atoms with Gasteiger partial charge in [0.05, 0.1) is 6.61 Å². The van der Waals surface area contributed by atoms with Crippen LogP contribution in [0.15, 0.2) is 42.5 Å². The number of ether oxygens (including phenoxy) is 1. The molecule has 0 aromatic heterocycles. The first kappa shape index (κ1) is 14.5. The number of hydrogen-bond acceptors (Lipinski definition) is 2. The minimum Gasteiger partial charge on any atom is -0.457 e. The van der Waals surface area contributed by atoms with E-state index in [1.54, 1.807) is 6.07 Å². The molecule has 0 spiro atoms. The summed E-state index contributed by atoms with van der Waals surface area (Å²) >= 11 is 0. The molecule has 2 rings (SSSR count). The summed E-state index contributed by atoms with van der Waals surface area (Å²) in [5, 5.41) is 9.30. The first-order valence-corrected chi connectivity index (χ1v) is 6.81. The fraction of sp³-hybridized carbons (Fsp3) is 0.294. The van der Waals surface area contributed by atoms with E-state index in [9.17, 15) is 9.50 Å². The molecule has 106 valence electrons. The van der Waals surface area contributed by atoms with E-state index in [1.165, 1.54) is 12.1 Å².